The van der Waals surface area contributed by atoms with E-state index in [4.69, 9.17) is 15.5 Å². The Kier molecular flexibility index (Phi) is 9.61. The summed E-state index contributed by atoms with van der Waals surface area (Å²) in [7, 11) is 0. The van der Waals surface area contributed by atoms with Crippen molar-refractivity contribution in [2.75, 3.05) is 0 Å². The van der Waals surface area contributed by atoms with Gasteiger partial charge in [0.05, 0.1) is 27.8 Å². The maximum absolute atomic E-state index is 12.4. The quantitative estimate of drug-likeness (QED) is 0.157. The second-order valence-corrected chi connectivity index (χ2v) is 19.9. The Morgan fingerprint density at radius 3 is 2.05 bits per heavy atom. The molecule has 4 nitrogen and oxygen atoms in total. The topological polar surface area (TPSA) is 50.9 Å². The number of nitrogens with zero attached hydrogens (tertiary/aromatic N) is 3. The lowest BCUT2D eigenvalue weighted by atomic mass is 9.80. The summed E-state index contributed by atoms with van der Waals surface area (Å²) in [6.07, 6.45) is 1.65. The van der Waals surface area contributed by atoms with Crippen molar-refractivity contribution in [1.82, 2.24) is 14.5 Å². The molecule has 0 radical (unpaired) electrons. The van der Waals surface area contributed by atoms with Gasteiger partial charge in [0, 0.05) is 27.1 Å². The van der Waals surface area contributed by atoms with Gasteiger partial charge in [-0.05, 0) is 140 Å². The van der Waals surface area contributed by atoms with E-state index in [1.807, 2.05) is 54.8 Å². The van der Waals surface area contributed by atoms with Gasteiger partial charge in [-0.2, -0.15) is 0 Å². The maximum Gasteiger partial charge on any atom is 0.149 e. The van der Waals surface area contributed by atoms with Crippen molar-refractivity contribution in [1.29, 1.82) is 0 Å². The van der Waals surface area contributed by atoms with E-state index in [0.29, 0.717) is 44.9 Å². The van der Waals surface area contributed by atoms with E-state index < -0.39 is 17.7 Å². The number of phenolic OH excluding ortho intramolecular Hbond substituents is 1. The molecule has 0 atom stereocenters. The van der Waals surface area contributed by atoms with Crippen molar-refractivity contribution in [2.45, 2.75) is 119 Å². The zero-order chi connectivity index (χ0) is 52.1. The summed E-state index contributed by atoms with van der Waals surface area (Å²) in [5.41, 5.74) is 12.3. The number of hydrogen-bond acceptors (Lipinski definition) is 3. The highest BCUT2D eigenvalue weighted by molar-refractivity contribution is 5.97. The molecule has 0 unspecified atom stereocenters. The van der Waals surface area contributed by atoms with Crippen molar-refractivity contribution in [3.8, 4) is 67.5 Å². The second-order valence-electron chi connectivity index (χ2n) is 19.9. The first-order valence-electron chi connectivity index (χ1n) is 25.7. The SMILES string of the molecule is [2H]c1c([2H])c(C)c([2H])c(-c2ccnc(-c3cc(-c4cccc5c4nc(-c4cc(C([2H])(C)C)cc(C([2H])(C)C)c4O)n5-c4ccc(-c5ccccc5C(C)(C)C)c(C([2H])(C)C)c4)cc(C(C)(C)C)c3)c2)c1[2H]. The van der Waals surface area contributed by atoms with E-state index in [-0.39, 0.29) is 46.3 Å². The minimum atomic E-state index is -1.22. The molecule has 326 valence electrons. The van der Waals surface area contributed by atoms with Crippen LogP contribution in [0.2, 0.25) is 0 Å². The van der Waals surface area contributed by atoms with Crippen molar-refractivity contribution in [2.24, 2.45) is 0 Å². The third-order valence-corrected chi connectivity index (χ3v) is 12.2. The van der Waals surface area contributed by atoms with Crippen molar-refractivity contribution < 1.29 is 14.7 Å². The molecule has 0 bridgehead atoms. The molecule has 0 saturated heterocycles. The molecule has 8 rings (SSSR count). The van der Waals surface area contributed by atoms with Crippen LogP contribution in [0.25, 0.3) is 72.7 Å². The molecular formula is C60H65N3O. The van der Waals surface area contributed by atoms with Crippen LogP contribution in [0.4, 0.5) is 0 Å². The van der Waals surface area contributed by atoms with Gasteiger partial charge in [0.15, 0.2) is 0 Å². The fourth-order valence-electron chi connectivity index (χ4n) is 8.63. The summed E-state index contributed by atoms with van der Waals surface area (Å²) < 4.78 is 64.5. The van der Waals surface area contributed by atoms with Gasteiger partial charge in [0.25, 0.3) is 0 Å². The van der Waals surface area contributed by atoms with E-state index >= 15 is 0 Å². The molecule has 64 heavy (non-hydrogen) atoms. The maximum atomic E-state index is 12.4. The average Bonchev–Trinajstić information content (AvgIpc) is 3.68. The smallest absolute Gasteiger partial charge is 0.149 e. The molecule has 4 heteroatoms. The number of rotatable bonds is 9. The Morgan fingerprint density at radius 1 is 0.625 bits per heavy atom. The first-order chi connectivity index (χ1) is 32.9. The van der Waals surface area contributed by atoms with E-state index in [2.05, 4.69) is 96.1 Å². The highest BCUT2D eigenvalue weighted by atomic mass is 16.3. The highest BCUT2D eigenvalue weighted by Crippen LogP contribution is 2.45. The van der Waals surface area contributed by atoms with Crippen LogP contribution >= 0.6 is 0 Å². The lowest BCUT2D eigenvalue weighted by Gasteiger charge is -2.25. The molecule has 0 saturated carbocycles. The van der Waals surface area contributed by atoms with Gasteiger partial charge in [-0.3, -0.25) is 9.55 Å². The molecule has 0 aliphatic heterocycles. The van der Waals surface area contributed by atoms with E-state index in [1.54, 1.807) is 52.9 Å². The van der Waals surface area contributed by atoms with E-state index in [1.165, 1.54) is 5.56 Å². The van der Waals surface area contributed by atoms with Crippen LogP contribution in [0, 0.1) is 6.92 Å². The summed E-state index contributed by atoms with van der Waals surface area (Å²) in [5.74, 6) is -3.01. The Balaban J connectivity index is 1.44. The van der Waals surface area contributed by atoms with Crippen LogP contribution < -0.4 is 0 Å². The van der Waals surface area contributed by atoms with Gasteiger partial charge in [-0.15, -0.1) is 0 Å². The Morgan fingerprint density at radius 2 is 1.34 bits per heavy atom. The van der Waals surface area contributed by atoms with E-state index in [9.17, 15) is 9.22 Å². The van der Waals surface area contributed by atoms with Crippen molar-refractivity contribution in [3.63, 3.8) is 0 Å². The largest absolute Gasteiger partial charge is 0.507 e. The number of aromatic nitrogens is 3. The summed E-state index contributed by atoms with van der Waals surface area (Å²) in [6, 6.07) is 33.6. The summed E-state index contributed by atoms with van der Waals surface area (Å²) >= 11 is 0. The first kappa shape index (κ1) is 36.1. The van der Waals surface area contributed by atoms with Gasteiger partial charge in [0.1, 0.15) is 11.6 Å². The van der Waals surface area contributed by atoms with Crippen molar-refractivity contribution >= 4 is 11.0 Å². The van der Waals surface area contributed by atoms with Gasteiger partial charge in [0.2, 0.25) is 0 Å². The van der Waals surface area contributed by atoms with Gasteiger partial charge >= 0.3 is 0 Å². The zero-order valence-corrected chi connectivity index (χ0v) is 39.7. The predicted molar refractivity (Wildman–Crippen MR) is 272 cm³/mol. The Bertz CT molecular complexity index is 3380. The number of phenols is 1. The molecule has 2 aromatic heterocycles. The molecule has 1 N–H and O–H groups in total. The standard InChI is InChI=1S/C60H65N3O/c1-36(2)42-32-51(38(5)6)57(64)52(33-42)58-62-56-47(43-29-44(31-45(30-43)59(8,9)10)54-34-41(26-27-61-54)40-19-16-18-39(7)28-40)21-17-23-55(56)63(58)46-24-25-48(50(35-46)37(3)4)49-20-14-15-22-53(49)60(11,12)13/h14-38,64H,1-13H3/i16D,18D,19D,28D,36D,37D,38D. The first-order valence-corrected chi connectivity index (χ1v) is 22.2. The Labute approximate surface area is 392 Å². The van der Waals surface area contributed by atoms with Crippen molar-refractivity contribution in [3.05, 3.63) is 167 Å². The summed E-state index contributed by atoms with van der Waals surface area (Å²) in [6.45, 7) is 25.5. The van der Waals surface area contributed by atoms with Gasteiger partial charge < -0.3 is 5.11 Å². The second kappa shape index (κ2) is 17.0. The minimum Gasteiger partial charge on any atom is -0.507 e. The molecule has 0 aliphatic carbocycles. The molecule has 0 amide bonds. The Hall–Kier alpha value is -6.26. The minimum absolute atomic E-state index is 0.0411. The number of hydrogen-bond donors (Lipinski definition) is 1. The number of pyridine rings is 1. The fourth-order valence-corrected chi connectivity index (χ4v) is 8.63. The highest BCUT2D eigenvalue weighted by Gasteiger charge is 2.26. The molecule has 0 fully saturated rings. The number of fused-ring (bicyclic) bond motifs is 1. The predicted octanol–water partition coefficient (Wildman–Crippen LogP) is 16.7. The van der Waals surface area contributed by atoms with Gasteiger partial charge in [-0.25, -0.2) is 4.98 Å². The molecule has 0 aliphatic rings. The number of imidazole rings is 1. The van der Waals surface area contributed by atoms with Crippen LogP contribution in [0.15, 0.2) is 133 Å². The number of benzene rings is 6. The number of aromatic hydroxyl groups is 1. The van der Waals surface area contributed by atoms with Crippen LogP contribution in [-0.4, -0.2) is 19.6 Å². The normalized spacial score (nSPS) is 14.4. The third-order valence-electron chi connectivity index (χ3n) is 12.2. The molecule has 2 heterocycles. The monoisotopic (exact) mass is 851 g/mol. The third kappa shape index (κ3) is 8.55. The van der Waals surface area contributed by atoms with Crippen LogP contribution in [0.3, 0.4) is 0 Å². The fraction of sp³-hybridized carbons (Fsp3) is 0.300. The average molecular weight is 851 g/mol. The summed E-state index contributed by atoms with van der Waals surface area (Å²) in [5, 5.41) is 12.4. The molecule has 6 aromatic carbocycles. The summed E-state index contributed by atoms with van der Waals surface area (Å²) in [4.78, 5) is 10.3. The lowest BCUT2D eigenvalue weighted by molar-refractivity contribution is 0.466. The molecular weight excluding hydrogens is 779 g/mol. The van der Waals surface area contributed by atoms with Crippen LogP contribution in [0.5, 0.6) is 5.75 Å². The van der Waals surface area contributed by atoms with Crippen LogP contribution in [0.1, 0.15) is 144 Å². The van der Waals surface area contributed by atoms with Gasteiger partial charge in [-0.1, -0.05) is 167 Å². The zero-order valence-electron chi connectivity index (χ0n) is 46.7. The van der Waals surface area contributed by atoms with E-state index in [0.717, 1.165) is 50.1 Å². The lowest BCUT2D eigenvalue weighted by Crippen LogP contribution is -2.13. The number of para-hydroxylation sites is 1. The van der Waals surface area contributed by atoms with Crippen LogP contribution in [-0.2, 0) is 10.8 Å². The molecule has 8 aromatic rings. The molecule has 0 spiro atoms.